The summed E-state index contributed by atoms with van der Waals surface area (Å²) in [6.07, 6.45) is 3.96. The van der Waals surface area contributed by atoms with Gasteiger partial charge in [0.05, 0.1) is 23.0 Å². The molecule has 0 saturated carbocycles. The summed E-state index contributed by atoms with van der Waals surface area (Å²) in [6.45, 7) is 2.74. The number of hydrogen-bond acceptors (Lipinski definition) is 4. The fourth-order valence-electron chi connectivity index (χ4n) is 2.96. The SMILES string of the molecule is Cn1ncc(Br)c1-c1cc(C(N)=O)ccc1OCC1CCNCC1. The number of hydrogen-bond donors (Lipinski definition) is 2. The van der Waals surface area contributed by atoms with E-state index in [1.165, 1.54) is 0 Å². The van der Waals surface area contributed by atoms with Gasteiger partial charge in [0.25, 0.3) is 0 Å². The maximum Gasteiger partial charge on any atom is 0.248 e. The molecule has 1 amide bonds. The summed E-state index contributed by atoms with van der Waals surface area (Å²) in [5.41, 5.74) is 7.56. The van der Waals surface area contributed by atoms with Gasteiger partial charge in [0, 0.05) is 18.2 Å². The lowest BCUT2D eigenvalue weighted by Gasteiger charge is -2.23. The lowest BCUT2D eigenvalue weighted by Crippen LogP contribution is -2.30. The summed E-state index contributed by atoms with van der Waals surface area (Å²) in [6, 6.07) is 5.28. The van der Waals surface area contributed by atoms with Crippen LogP contribution in [0.2, 0.25) is 0 Å². The van der Waals surface area contributed by atoms with E-state index in [1.54, 1.807) is 23.0 Å². The zero-order valence-electron chi connectivity index (χ0n) is 13.6. The molecule has 3 N–H and O–H groups in total. The third-order valence-electron chi connectivity index (χ3n) is 4.35. The van der Waals surface area contributed by atoms with Crippen LogP contribution in [0.1, 0.15) is 23.2 Å². The summed E-state index contributed by atoms with van der Waals surface area (Å²) in [7, 11) is 1.85. The van der Waals surface area contributed by atoms with Crippen molar-refractivity contribution < 1.29 is 9.53 Å². The molecule has 1 aromatic carbocycles. The molecule has 1 fully saturated rings. The number of aryl methyl sites for hydroxylation is 1. The Labute approximate surface area is 149 Å². The molecule has 6 nitrogen and oxygen atoms in total. The second kappa shape index (κ2) is 7.36. The van der Waals surface area contributed by atoms with E-state index >= 15 is 0 Å². The van der Waals surface area contributed by atoms with Gasteiger partial charge >= 0.3 is 0 Å². The Morgan fingerprint density at radius 3 is 2.83 bits per heavy atom. The quantitative estimate of drug-likeness (QED) is 0.817. The van der Waals surface area contributed by atoms with Crippen molar-refractivity contribution in [2.45, 2.75) is 12.8 Å². The molecule has 1 aliphatic rings. The Kier molecular flexibility index (Phi) is 5.20. The molecular formula is C17H21BrN4O2. The fraction of sp³-hybridized carbons (Fsp3) is 0.412. The van der Waals surface area contributed by atoms with Gasteiger partial charge in [-0.3, -0.25) is 9.48 Å². The highest BCUT2D eigenvalue weighted by atomic mass is 79.9. The van der Waals surface area contributed by atoms with Gasteiger partial charge in [-0.1, -0.05) is 0 Å². The van der Waals surface area contributed by atoms with E-state index in [1.807, 2.05) is 13.1 Å². The van der Waals surface area contributed by atoms with E-state index < -0.39 is 5.91 Å². The van der Waals surface area contributed by atoms with Gasteiger partial charge in [-0.25, -0.2) is 0 Å². The number of carbonyl (C=O) groups excluding carboxylic acids is 1. The zero-order valence-corrected chi connectivity index (χ0v) is 15.2. The lowest BCUT2D eigenvalue weighted by atomic mass is 9.99. The normalized spacial score (nSPS) is 15.4. The van der Waals surface area contributed by atoms with Crippen LogP contribution in [0.4, 0.5) is 0 Å². The van der Waals surface area contributed by atoms with Crippen molar-refractivity contribution >= 4 is 21.8 Å². The monoisotopic (exact) mass is 392 g/mol. The van der Waals surface area contributed by atoms with E-state index in [0.717, 1.165) is 47.4 Å². The van der Waals surface area contributed by atoms with Gasteiger partial charge in [-0.15, -0.1) is 0 Å². The van der Waals surface area contributed by atoms with Crippen molar-refractivity contribution in [1.29, 1.82) is 0 Å². The number of amides is 1. The van der Waals surface area contributed by atoms with Crippen molar-refractivity contribution in [3.05, 3.63) is 34.4 Å². The first-order valence-electron chi connectivity index (χ1n) is 8.01. The minimum atomic E-state index is -0.459. The number of ether oxygens (including phenoxy) is 1. The summed E-state index contributed by atoms with van der Waals surface area (Å²) in [5.74, 6) is 0.826. The number of benzene rings is 1. The number of primary amides is 1. The smallest absolute Gasteiger partial charge is 0.248 e. The van der Waals surface area contributed by atoms with Crippen molar-refractivity contribution in [1.82, 2.24) is 15.1 Å². The summed E-state index contributed by atoms with van der Waals surface area (Å²) in [5, 5.41) is 7.60. The highest BCUT2D eigenvalue weighted by Crippen LogP contribution is 2.36. The van der Waals surface area contributed by atoms with Gasteiger partial charge < -0.3 is 15.8 Å². The van der Waals surface area contributed by atoms with Crippen LogP contribution in [0.25, 0.3) is 11.3 Å². The molecule has 0 unspecified atom stereocenters. The van der Waals surface area contributed by atoms with Crippen molar-refractivity contribution in [3.8, 4) is 17.0 Å². The molecule has 3 rings (SSSR count). The summed E-state index contributed by atoms with van der Waals surface area (Å²) >= 11 is 3.51. The number of nitrogens with one attached hydrogen (secondary N) is 1. The Morgan fingerprint density at radius 1 is 1.46 bits per heavy atom. The molecule has 1 aromatic heterocycles. The van der Waals surface area contributed by atoms with Crippen molar-refractivity contribution in [3.63, 3.8) is 0 Å². The molecule has 128 valence electrons. The van der Waals surface area contributed by atoms with Crippen LogP contribution in [0.5, 0.6) is 5.75 Å². The van der Waals surface area contributed by atoms with Crippen LogP contribution in [0.15, 0.2) is 28.9 Å². The Balaban J connectivity index is 1.91. The molecule has 0 spiro atoms. The number of piperidine rings is 1. The van der Waals surface area contributed by atoms with Crippen LogP contribution in [-0.2, 0) is 7.05 Å². The highest BCUT2D eigenvalue weighted by Gasteiger charge is 2.19. The van der Waals surface area contributed by atoms with Crippen molar-refractivity contribution in [2.75, 3.05) is 19.7 Å². The minimum Gasteiger partial charge on any atom is -0.493 e. The molecule has 0 atom stereocenters. The molecule has 24 heavy (non-hydrogen) atoms. The first-order valence-corrected chi connectivity index (χ1v) is 8.81. The first-order chi connectivity index (χ1) is 11.6. The van der Waals surface area contributed by atoms with Gasteiger partial charge in [-0.05, 0) is 66.0 Å². The van der Waals surface area contributed by atoms with Gasteiger partial charge in [-0.2, -0.15) is 5.10 Å². The highest BCUT2D eigenvalue weighted by molar-refractivity contribution is 9.10. The van der Waals surface area contributed by atoms with Crippen LogP contribution in [-0.4, -0.2) is 35.4 Å². The summed E-state index contributed by atoms with van der Waals surface area (Å²) in [4.78, 5) is 11.5. The number of carbonyl (C=O) groups is 1. The molecular weight excluding hydrogens is 372 g/mol. The Morgan fingerprint density at radius 2 is 2.21 bits per heavy atom. The molecule has 0 radical (unpaired) electrons. The number of nitrogens with zero attached hydrogens (tertiary/aromatic N) is 2. The van der Waals surface area contributed by atoms with Crippen molar-refractivity contribution in [2.24, 2.45) is 18.7 Å². The predicted octanol–water partition coefficient (Wildman–Crippen LogP) is 2.33. The Hall–Kier alpha value is -1.86. The largest absolute Gasteiger partial charge is 0.493 e. The maximum absolute atomic E-state index is 11.5. The van der Waals surface area contributed by atoms with Crippen LogP contribution in [0, 0.1) is 5.92 Å². The van der Waals surface area contributed by atoms with Gasteiger partial charge in [0.2, 0.25) is 5.91 Å². The summed E-state index contributed by atoms with van der Waals surface area (Å²) < 4.78 is 8.70. The van der Waals surface area contributed by atoms with Gasteiger partial charge in [0.1, 0.15) is 5.75 Å². The van der Waals surface area contributed by atoms with E-state index in [9.17, 15) is 4.79 Å². The second-order valence-corrected chi connectivity index (χ2v) is 6.90. The predicted molar refractivity (Wildman–Crippen MR) is 96.0 cm³/mol. The molecule has 7 heteroatoms. The van der Waals surface area contributed by atoms with E-state index in [4.69, 9.17) is 10.5 Å². The van der Waals surface area contributed by atoms with E-state index in [-0.39, 0.29) is 0 Å². The van der Waals surface area contributed by atoms with Gasteiger partial charge in [0.15, 0.2) is 0 Å². The average molecular weight is 393 g/mol. The number of nitrogens with two attached hydrogens (primary N) is 1. The zero-order chi connectivity index (χ0) is 17.1. The fourth-order valence-corrected chi connectivity index (χ4v) is 3.53. The van der Waals surface area contributed by atoms with Crippen LogP contribution >= 0.6 is 15.9 Å². The third-order valence-corrected chi connectivity index (χ3v) is 4.93. The molecule has 0 bridgehead atoms. The van der Waals surface area contributed by atoms with E-state index in [2.05, 4.69) is 26.3 Å². The number of halogens is 1. The average Bonchev–Trinajstić information content (AvgIpc) is 2.92. The molecule has 0 aliphatic carbocycles. The standard InChI is InChI=1S/C17H21BrN4O2/c1-22-16(14(18)9-21-22)13-8-12(17(19)23)2-3-15(13)24-10-11-4-6-20-7-5-11/h2-3,8-9,11,20H,4-7,10H2,1H3,(H2,19,23). The van der Waals surface area contributed by atoms with Crippen LogP contribution < -0.4 is 15.8 Å². The number of rotatable bonds is 5. The first kappa shape index (κ1) is 17.0. The third kappa shape index (κ3) is 3.62. The molecule has 2 aromatic rings. The minimum absolute atomic E-state index is 0.451. The number of aromatic nitrogens is 2. The maximum atomic E-state index is 11.5. The van der Waals surface area contributed by atoms with E-state index in [0.29, 0.717) is 18.1 Å². The van der Waals surface area contributed by atoms with Crippen LogP contribution in [0.3, 0.4) is 0 Å². The second-order valence-electron chi connectivity index (χ2n) is 6.04. The lowest BCUT2D eigenvalue weighted by molar-refractivity contribution is 0.100. The molecule has 1 saturated heterocycles. The molecule has 1 aliphatic heterocycles. The molecule has 2 heterocycles. The Bertz CT molecular complexity index is 719. The topological polar surface area (TPSA) is 82.2 Å².